The van der Waals surface area contributed by atoms with Gasteiger partial charge in [0.15, 0.2) is 0 Å². The third-order valence-electron chi connectivity index (χ3n) is 2.13. The van der Waals surface area contributed by atoms with Crippen LogP contribution in [0.25, 0.3) is 0 Å². The Morgan fingerprint density at radius 2 is 2.19 bits per heavy atom. The number of hydrogen-bond donors (Lipinski definition) is 2. The first-order valence-corrected chi connectivity index (χ1v) is 4.70. The summed E-state index contributed by atoms with van der Waals surface area (Å²) < 4.78 is 4.48. The molecule has 0 bridgehead atoms. The Labute approximate surface area is 92.8 Å². The quantitative estimate of drug-likeness (QED) is 0.722. The molecule has 0 aromatic heterocycles. The summed E-state index contributed by atoms with van der Waals surface area (Å²) in [6.45, 7) is 0. The number of benzene rings is 1. The summed E-state index contributed by atoms with van der Waals surface area (Å²) in [7, 11) is 1.26. The predicted octanol–water partition coefficient (Wildman–Crippen LogP) is 0.428. The minimum atomic E-state index is -1.01. The van der Waals surface area contributed by atoms with E-state index in [9.17, 15) is 9.59 Å². The van der Waals surface area contributed by atoms with Crippen LogP contribution in [0.15, 0.2) is 24.3 Å². The minimum Gasteiger partial charge on any atom is -0.478 e. The van der Waals surface area contributed by atoms with Gasteiger partial charge in [-0.1, -0.05) is 12.1 Å². The molecular formula is C11H13NO4. The Morgan fingerprint density at radius 1 is 1.50 bits per heavy atom. The molecule has 0 spiro atoms. The molecule has 16 heavy (non-hydrogen) atoms. The largest absolute Gasteiger partial charge is 0.478 e. The predicted molar refractivity (Wildman–Crippen MR) is 57.1 cm³/mol. The Kier molecular flexibility index (Phi) is 4.02. The molecule has 1 aromatic carbocycles. The lowest BCUT2D eigenvalue weighted by atomic mass is 10.0. The van der Waals surface area contributed by atoms with E-state index in [1.54, 1.807) is 12.1 Å². The lowest BCUT2D eigenvalue weighted by Gasteiger charge is -2.09. The lowest BCUT2D eigenvalue weighted by Crippen LogP contribution is -2.33. The lowest BCUT2D eigenvalue weighted by molar-refractivity contribution is -0.142. The van der Waals surface area contributed by atoms with Gasteiger partial charge in [0.2, 0.25) is 0 Å². The summed E-state index contributed by atoms with van der Waals surface area (Å²) in [6, 6.07) is 5.53. The van der Waals surface area contributed by atoms with E-state index in [0.29, 0.717) is 5.56 Å². The summed E-state index contributed by atoms with van der Waals surface area (Å²) in [4.78, 5) is 21.8. The fourth-order valence-corrected chi connectivity index (χ4v) is 1.32. The third kappa shape index (κ3) is 3.06. The SMILES string of the molecule is COC(=O)[C@H](N)Cc1cccc(C(=O)O)c1. The van der Waals surface area contributed by atoms with Crippen LogP contribution in [0.1, 0.15) is 15.9 Å². The highest BCUT2D eigenvalue weighted by atomic mass is 16.5. The van der Waals surface area contributed by atoms with Gasteiger partial charge < -0.3 is 15.6 Å². The molecule has 0 radical (unpaired) electrons. The van der Waals surface area contributed by atoms with Crippen molar-refractivity contribution < 1.29 is 19.4 Å². The molecule has 1 rings (SSSR count). The number of hydrogen-bond acceptors (Lipinski definition) is 4. The molecule has 3 N–H and O–H groups in total. The molecule has 0 aliphatic heterocycles. The van der Waals surface area contributed by atoms with Gasteiger partial charge in [0, 0.05) is 0 Å². The van der Waals surface area contributed by atoms with Crippen molar-refractivity contribution in [3.63, 3.8) is 0 Å². The highest BCUT2D eigenvalue weighted by Crippen LogP contribution is 2.07. The van der Waals surface area contributed by atoms with Crippen LogP contribution in [0.4, 0.5) is 0 Å². The molecule has 0 fully saturated rings. The number of rotatable bonds is 4. The Balaban J connectivity index is 2.78. The summed E-state index contributed by atoms with van der Waals surface area (Å²) in [5.41, 5.74) is 6.43. The molecule has 0 unspecified atom stereocenters. The van der Waals surface area contributed by atoms with Gasteiger partial charge in [-0.25, -0.2) is 4.79 Å². The van der Waals surface area contributed by atoms with E-state index < -0.39 is 18.0 Å². The molecular weight excluding hydrogens is 210 g/mol. The molecule has 0 saturated heterocycles. The monoisotopic (exact) mass is 223 g/mol. The van der Waals surface area contributed by atoms with Crippen LogP contribution in [0.3, 0.4) is 0 Å². The van der Waals surface area contributed by atoms with Crippen molar-refractivity contribution in [1.29, 1.82) is 0 Å². The van der Waals surface area contributed by atoms with Gasteiger partial charge in [0.1, 0.15) is 6.04 Å². The van der Waals surface area contributed by atoms with Gasteiger partial charge in [-0.3, -0.25) is 4.79 Å². The fourth-order valence-electron chi connectivity index (χ4n) is 1.32. The second-order valence-electron chi connectivity index (χ2n) is 3.34. The van der Waals surface area contributed by atoms with Crippen LogP contribution in [-0.4, -0.2) is 30.2 Å². The van der Waals surface area contributed by atoms with E-state index in [4.69, 9.17) is 10.8 Å². The Bertz CT molecular complexity index is 403. The van der Waals surface area contributed by atoms with Crippen molar-refractivity contribution in [1.82, 2.24) is 0 Å². The topological polar surface area (TPSA) is 89.6 Å². The highest BCUT2D eigenvalue weighted by Gasteiger charge is 2.14. The molecule has 1 aromatic rings. The van der Waals surface area contributed by atoms with E-state index in [1.165, 1.54) is 19.2 Å². The molecule has 86 valence electrons. The summed E-state index contributed by atoms with van der Waals surface area (Å²) in [5.74, 6) is -1.52. The average molecular weight is 223 g/mol. The van der Waals surface area contributed by atoms with Crippen LogP contribution in [0.2, 0.25) is 0 Å². The first-order valence-electron chi connectivity index (χ1n) is 4.70. The van der Waals surface area contributed by atoms with Crippen molar-refractivity contribution in [2.75, 3.05) is 7.11 Å². The number of esters is 1. The molecule has 0 aliphatic carbocycles. The third-order valence-corrected chi connectivity index (χ3v) is 2.13. The fraction of sp³-hybridized carbons (Fsp3) is 0.273. The van der Waals surface area contributed by atoms with Gasteiger partial charge in [-0.2, -0.15) is 0 Å². The number of aromatic carboxylic acids is 1. The first kappa shape index (κ1) is 12.2. The smallest absolute Gasteiger partial charge is 0.335 e. The Morgan fingerprint density at radius 3 is 2.75 bits per heavy atom. The second kappa shape index (κ2) is 5.27. The number of ether oxygens (including phenoxy) is 1. The zero-order chi connectivity index (χ0) is 12.1. The zero-order valence-electron chi connectivity index (χ0n) is 8.84. The number of carbonyl (C=O) groups is 2. The van der Waals surface area contributed by atoms with Gasteiger partial charge >= 0.3 is 11.9 Å². The highest BCUT2D eigenvalue weighted by molar-refractivity contribution is 5.87. The number of carboxylic acid groups (broad SMARTS) is 1. The maximum absolute atomic E-state index is 11.1. The molecule has 5 nitrogen and oxygen atoms in total. The Hall–Kier alpha value is -1.88. The zero-order valence-corrected chi connectivity index (χ0v) is 8.84. The van der Waals surface area contributed by atoms with Crippen molar-refractivity contribution in [3.8, 4) is 0 Å². The summed E-state index contributed by atoms with van der Waals surface area (Å²) in [5, 5.41) is 8.78. The average Bonchev–Trinajstić information content (AvgIpc) is 2.28. The maximum atomic E-state index is 11.1. The number of nitrogens with two attached hydrogens (primary N) is 1. The van der Waals surface area contributed by atoms with E-state index in [-0.39, 0.29) is 12.0 Å². The van der Waals surface area contributed by atoms with Gasteiger partial charge in [0.05, 0.1) is 12.7 Å². The molecule has 1 atom stereocenters. The summed E-state index contributed by atoms with van der Waals surface area (Å²) in [6.07, 6.45) is 0.258. The normalized spacial score (nSPS) is 11.9. The van der Waals surface area contributed by atoms with Crippen molar-refractivity contribution in [2.45, 2.75) is 12.5 Å². The van der Waals surface area contributed by atoms with Crippen LogP contribution in [-0.2, 0) is 16.0 Å². The van der Waals surface area contributed by atoms with Gasteiger partial charge in [0.25, 0.3) is 0 Å². The molecule has 0 saturated carbocycles. The van der Waals surface area contributed by atoms with Gasteiger partial charge in [-0.15, -0.1) is 0 Å². The van der Waals surface area contributed by atoms with E-state index >= 15 is 0 Å². The van der Waals surface area contributed by atoms with Crippen LogP contribution in [0.5, 0.6) is 0 Å². The maximum Gasteiger partial charge on any atom is 0.335 e. The van der Waals surface area contributed by atoms with Crippen LogP contribution >= 0.6 is 0 Å². The molecule has 5 heteroatoms. The van der Waals surface area contributed by atoms with Crippen LogP contribution in [0, 0.1) is 0 Å². The van der Waals surface area contributed by atoms with Crippen molar-refractivity contribution in [2.24, 2.45) is 5.73 Å². The van der Waals surface area contributed by atoms with E-state index in [1.807, 2.05) is 0 Å². The summed E-state index contributed by atoms with van der Waals surface area (Å²) >= 11 is 0. The van der Waals surface area contributed by atoms with Crippen molar-refractivity contribution in [3.05, 3.63) is 35.4 Å². The molecule has 0 aliphatic rings. The minimum absolute atomic E-state index is 0.176. The number of carboxylic acids is 1. The van der Waals surface area contributed by atoms with E-state index in [2.05, 4.69) is 4.74 Å². The van der Waals surface area contributed by atoms with Crippen LogP contribution < -0.4 is 5.73 Å². The number of methoxy groups -OCH3 is 1. The van der Waals surface area contributed by atoms with Crippen molar-refractivity contribution >= 4 is 11.9 Å². The standard InChI is InChI=1S/C11H13NO4/c1-16-11(15)9(12)6-7-3-2-4-8(5-7)10(13)14/h2-5,9H,6,12H2,1H3,(H,13,14)/t9-/m1/s1. The van der Waals surface area contributed by atoms with Gasteiger partial charge in [-0.05, 0) is 24.1 Å². The second-order valence-corrected chi connectivity index (χ2v) is 3.34. The number of carbonyl (C=O) groups excluding carboxylic acids is 1. The van der Waals surface area contributed by atoms with E-state index in [0.717, 1.165) is 0 Å². The molecule has 0 heterocycles. The first-order chi connectivity index (χ1) is 7.54. The molecule has 0 amide bonds.